The van der Waals surface area contributed by atoms with Crippen molar-refractivity contribution in [1.82, 2.24) is 50.8 Å². The predicted molar refractivity (Wildman–Crippen MR) is 363 cm³/mol. The zero-order chi connectivity index (χ0) is 74.8. The molecule has 550 valence electrons. The second-order valence-electron chi connectivity index (χ2n) is 24.4. The number of carboxylic acid groups (broad SMARTS) is 3. The topological polar surface area (TPSA) is 506 Å². The maximum Gasteiger partial charge on any atom is 0.317 e. The summed E-state index contributed by atoms with van der Waals surface area (Å²) in [6.07, 6.45) is 0.273. The molecule has 7 rings (SSSR count). The molecule has 2 atom stereocenters. The van der Waals surface area contributed by atoms with Gasteiger partial charge in [0.1, 0.15) is 27.6 Å². The Kier molecular flexibility index (Phi) is 27.4. The van der Waals surface area contributed by atoms with Crippen LogP contribution in [0.3, 0.4) is 0 Å². The molecular formula is C64H79F2N15O19S2. The van der Waals surface area contributed by atoms with Gasteiger partial charge >= 0.3 is 17.9 Å². The van der Waals surface area contributed by atoms with Gasteiger partial charge in [0.2, 0.25) is 29.5 Å². The number of pyridine rings is 1. The van der Waals surface area contributed by atoms with Crippen LogP contribution in [0.2, 0.25) is 0 Å². The highest BCUT2D eigenvalue weighted by atomic mass is 32.2. The second kappa shape index (κ2) is 35.4. The first-order valence-electron chi connectivity index (χ1n) is 31.8. The minimum atomic E-state index is -5.14. The van der Waals surface area contributed by atoms with E-state index in [0.29, 0.717) is 51.0 Å². The molecule has 34 nitrogen and oxygen atoms in total. The number of amides is 6. The molecule has 2 aliphatic rings. The molecule has 3 heterocycles. The summed E-state index contributed by atoms with van der Waals surface area (Å²) in [5.41, 5.74) is 14.6. The van der Waals surface area contributed by atoms with Crippen LogP contribution in [0.4, 0.5) is 31.5 Å². The number of fused-ring (bicyclic) bond motifs is 1. The van der Waals surface area contributed by atoms with E-state index < -0.39 is 144 Å². The summed E-state index contributed by atoms with van der Waals surface area (Å²) in [4.78, 5) is 125. The number of benzene rings is 4. The van der Waals surface area contributed by atoms with Gasteiger partial charge in [0, 0.05) is 101 Å². The molecular weight excluding hydrogens is 1380 g/mol. The maximum atomic E-state index is 14.2. The Labute approximate surface area is 584 Å². The van der Waals surface area contributed by atoms with E-state index in [9.17, 15) is 104 Å². The van der Waals surface area contributed by atoms with E-state index in [4.69, 9.17) is 5.73 Å². The monoisotopic (exact) mass is 1460 g/mol. The van der Waals surface area contributed by atoms with Crippen molar-refractivity contribution < 1.29 is 98.3 Å². The second-order valence-corrected chi connectivity index (χ2v) is 27.2. The lowest BCUT2D eigenvalue weighted by Gasteiger charge is -2.32. The lowest BCUT2D eigenvalue weighted by molar-refractivity contribution is -0.140. The number of carbonyl (C=O) groups excluding carboxylic acids is 6. The number of phenolic OH excluding ortho intramolecular Hbond substituents is 1. The average molecular weight is 1460 g/mol. The van der Waals surface area contributed by atoms with Crippen molar-refractivity contribution in [2.45, 2.75) is 86.7 Å². The molecule has 0 bridgehead atoms. The molecule has 5 aromatic rings. The Morgan fingerprint density at radius 1 is 0.667 bits per heavy atom. The standard InChI is InChI=1S/C64H79F2N15O19S2/c1-38-25-40(41-7-10-47(39(2)26-41)75-76-48-11-8-45-50(101(95,96)97)28-51(102(98,99)100)60(68)59(45)61(48)92)6-9-46(38)74-63(94)49(73-53(83)13-12-52(82)71-31-43-27-42(14-16-69-43)62(93)72-32-55(85)81-37-64(65,66)29-44(81)30-67)5-3-4-15-70-54(84)33-77-17-19-78(34-56(86)87)21-23-80(36-58(90)91)24-22-79(20-18-77)35-57(88)89/h6-11,14,16,25-28,44,49,75-76,92H,3-5,12-13,15,17-24,29,31-37,68H2,1-2H3,(H,70,84)(H,71,82)(H,72,93)(H,73,83)(H,74,94)(H,86,87)(H,88,89)(H,90,91)(H,95,96,97)(H,98,99,100)/t44-,49?/m0/s1. The highest BCUT2D eigenvalue weighted by Crippen LogP contribution is 2.43. The zero-order valence-corrected chi connectivity index (χ0v) is 57.0. The Morgan fingerprint density at radius 2 is 1.20 bits per heavy atom. The normalized spacial score (nSPS) is 16.1. The number of nitriles is 1. The highest BCUT2D eigenvalue weighted by molar-refractivity contribution is 7.87. The average Bonchev–Trinajstić information content (AvgIpc) is 1.02. The molecule has 38 heteroatoms. The van der Waals surface area contributed by atoms with Crippen molar-refractivity contribution in [3.05, 3.63) is 95.3 Å². The number of nitrogens with one attached hydrogen (secondary N) is 7. The van der Waals surface area contributed by atoms with Crippen LogP contribution in [0, 0.1) is 25.2 Å². The van der Waals surface area contributed by atoms with E-state index in [1.54, 1.807) is 75.9 Å². The molecule has 0 spiro atoms. The number of aliphatic carboxylic acids is 3. The van der Waals surface area contributed by atoms with Crippen molar-refractivity contribution in [2.75, 3.05) is 120 Å². The number of anilines is 4. The summed E-state index contributed by atoms with van der Waals surface area (Å²) in [6, 6.07) is 15.0. The van der Waals surface area contributed by atoms with Crippen LogP contribution in [-0.4, -0.2) is 245 Å². The number of hydrogen-bond acceptors (Lipinski definition) is 23. The molecule has 2 fully saturated rings. The summed E-state index contributed by atoms with van der Waals surface area (Å²) >= 11 is 0. The third kappa shape index (κ3) is 23.1. The smallest absolute Gasteiger partial charge is 0.317 e. The number of aromatic nitrogens is 1. The van der Waals surface area contributed by atoms with E-state index in [-0.39, 0.29) is 133 Å². The number of rotatable bonds is 30. The van der Waals surface area contributed by atoms with Gasteiger partial charge in [-0.2, -0.15) is 22.1 Å². The molecule has 4 aromatic carbocycles. The maximum absolute atomic E-state index is 14.2. The molecule has 1 unspecified atom stereocenters. The Balaban J connectivity index is 0.987. The fourth-order valence-electron chi connectivity index (χ4n) is 11.4. The number of phenols is 1. The Morgan fingerprint density at radius 3 is 1.74 bits per heavy atom. The summed E-state index contributed by atoms with van der Waals surface area (Å²) in [7, 11) is -10.2. The van der Waals surface area contributed by atoms with Crippen molar-refractivity contribution in [3.8, 4) is 22.9 Å². The fraction of sp³-hybridized carbons (Fsp3) is 0.422. The van der Waals surface area contributed by atoms with Crippen molar-refractivity contribution >= 4 is 107 Å². The number of carboxylic acids is 3. The minimum absolute atomic E-state index is 0.0103. The van der Waals surface area contributed by atoms with E-state index >= 15 is 0 Å². The molecule has 1 aromatic heterocycles. The molecule has 2 aliphatic heterocycles. The number of nitrogens with zero attached hydrogens (tertiary/aromatic N) is 7. The van der Waals surface area contributed by atoms with Crippen LogP contribution >= 0.6 is 0 Å². The van der Waals surface area contributed by atoms with Gasteiger partial charge in [0.05, 0.1) is 80.0 Å². The summed E-state index contributed by atoms with van der Waals surface area (Å²) in [5.74, 6) is -11.3. The van der Waals surface area contributed by atoms with Crippen LogP contribution in [0.25, 0.3) is 21.9 Å². The molecule has 0 aliphatic carbocycles. The van der Waals surface area contributed by atoms with E-state index in [1.165, 1.54) is 24.4 Å². The largest absolute Gasteiger partial charge is 0.505 e. The predicted octanol–water partition coefficient (Wildman–Crippen LogP) is 1.51. The van der Waals surface area contributed by atoms with Crippen LogP contribution in [0.1, 0.15) is 65.7 Å². The van der Waals surface area contributed by atoms with E-state index in [0.717, 1.165) is 6.07 Å². The molecule has 15 N–H and O–H groups in total. The summed E-state index contributed by atoms with van der Waals surface area (Å²) in [6.45, 7) is 2.07. The van der Waals surface area contributed by atoms with Gasteiger partial charge in [-0.05, 0) is 104 Å². The van der Waals surface area contributed by atoms with Crippen molar-refractivity contribution in [1.29, 1.82) is 5.26 Å². The molecule has 6 amide bonds. The van der Waals surface area contributed by atoms with Crippen LogP contribution in [-0.2, 0) is 65.1 Å². The van der Waals surface area contributed by atoms with Crippen LogP contribution in [0.15, 0.2) is 82.7 Å². The number of aromatic hydroxyl groups is 1. The van der Waals surface area contributed by atoms with Gasteiger partial charge in [-0.25, -0.2) is 8.78 Å². The Bertz CT molecular complexity index is 4250. The number of unbranched alkanes of at least 4 members (excludes halogenated alkanes) is 1. The summed E-state index contributed by atoms with van der Waals surface area (Å²) in [5, 5.41) is 61.7. The first-order chi connectivity index (χ1) is 48.1. The van der Waals surface area contributed by atoms with Crippen molar-refractivity contribution in [2.24, 2.45) is 0 Å². The van der Waals surface area contributed by atoms with Gasteiger partial charge in [-0.3, -0.25) is 82.3 Å². The van der Waals surface area contributed by atoms with Gasteiger partial charge in [0.25, 0.3) is 32.1 Å². The molecule has 0 saturated carbocycles. The molecule has 2 saturated heterocycles. The first-order valence-corrected chi connectivity index (χ1v) is 34.7. The van der Waals surface area contributed by atoms with E-state index in [1.807, 2.05) is 0 Å². The lowest BCUT2D eigenvalue weighted by atomic mass is 9.99. The van der Waals surface area contributed by atoms with Crippen LogP contribution in [0.5, 0.6) is 5.75 Å². The van der Waals surface area contributed by atoms with Crippen LogP contribution < -0.4 is 43.2 Å². The number of likely N-dealkylation sites (tertiary alicyclic amines) is 1. The third-order valence-corrected chi connectivity index (χ3v) is 18.5. The van der Waals surface area contributed by atoms with Crippen molar-refractivity contribution in [3.63, 3.8) is 0 Å². The fourth-order valence-corrected chi connectivity index (χ4v) is 12.8. The number of hydrogen-bond donors (Lipinski definition) is 14. The third-order valence-electron chi connectivity index (χ3n) is 16.7. The summed E-state index contributed by atoms with van der Waals surface area (Å²) < 4.78 is 96.1. The van der Waals surface area contributed by atoms with E-state index in [2.05, 4.69) is 42.4 Å². The zero-order valence-electron chi connectivity index (χ0n) is 55.4. The lowest BCUT2D eigenvalue weighted by Crippen LogP contribution is -2.49. The molecule has 102 heavy (non-hydrogen) atoms. The molecule has 0 radical (unpaired) electrons. The first kappa shape index (κ1) is 79.1. The van der Waals surface area contributed by atoms with Gasteiger partial charge in [-0.15, -0.1) is 0 Å². The number of alkyl halides is 2. The number of nitrogen functional groups attached to an aromatic ring is 1. The number of nitrogens with two attached hydrogens (primary N) is 1. The SMILES string of the molecule is Cc1cc(-c2ccc(NC(=O)C(CCCCNC(=O)CN3CCN(CC(=O)O)CCN(CC(=O)O)CCN(CC(=O)O)CC3)NC(=O)CCC(=O)NCc3cc(C(=O)NCC(=O)N4CC(F)(F)C[C@H]4C#N)ccn3)c(C)c2)ccc1NNc1ccc2c(S(=O)(=O)O)cc(S(=O)(=O)O)c(N)c2c1O. The Hall–Kier alpha value is -10.3. The number of hydrazine groups is 1. The number of halogens is 2. The minimum Gasteiger partial charge on any atom is -0.505 e. The number of carbonyl (C=O) groups is 9. The van der Waals surface area contributed by atoms with Gasteiger partial charge in [-0.1, -0.05) is 18.2 Å². The van der Waals surface area contributed by atoms with Gasteiger partial charge < -0.3 is 63.1 Å². The van der Waals surface area contributed by atoms with Gasteiger partial charge in [0.15, 0.2) is 0 Å². The quantitative estimate of drug-likeness (QED) is 0.0102. The highest BCUT2D eigenvalue weighted by Gasteiger charge is 2.47. The number of aryl methyl sites for hydroxylation is 2.